The summed E-state index contributed by atoms with van der Waals surface area (Å²) in [6.45, 7) is 1.45. The van der Waals surface area contributed by atoms with Gasteiger partial charge in [-0.15, -0.1) is 0 Å². The van der Waals surface area contributed by atoms with Crippen molar-refractivity contribution in [2.75, 3.05) is 10.6 Å². The third-order valence-corrected chi connectivity index (χ3v) is 8.60. The van der Waals surface area contributed by atoms with E-state index in [0.29, 0.717) is 48.9 Å². The van der Waals surface area contributed by atoms with Gasteiger partial charge in [0.15, 0.2) is 0 Å². The smallest absolute Gasteiger partial charge is 0.233 e. The van der Waals surface area contributed by atoms with Crippen LogP contribution in [0.5, 0.6) is 0 Å². The van der Waals surface area contributed by atoms with E-state index in [4.69, 9.17) is 0 Å². The molecule has 1 aromatic carbocycles. The number of amides is 4. The molecule has 4 amide bonds. The second-order valence-corrected chi connectivity index (χ2v) is 10.5. The van der Waals surface area contributed by atoms with Crippen molar-refractivity contribution in [2.24, 2.45) is 41.4 Å². The molecule has 5 aliphatic carbocycles. The van der Waals surface area contributed by atoms with E-state index in [1.807, 2.05) is 0 Å². The molecule has 0 spiro atoms. The minimum absolute atomic E-state index is 0.0317. The lowest BCUT2D eigenvalue weighted by atomic mass is 9.63. The fourth-order valence-electron chi connectivity index (χ4n) is 7.02. The van der Waals surface area contributed by atoms with Crippen molar-refractivity contribution >= 4 is 35.0 Å². The van der Waals surface area contributed by atoms with Crippen LogP contribution in [0.25, 0.3) is 0 Å². The Labute approximate surface area is 193 Å². The predicted octanol–water partition coefficient (Wildman–Crippen LogP) is 3.20. The number of rotatable bonds is 4. The number of likely N-dealkylation sites (tertiary alicyclic amines) is 1. The van der Waals surface area contributed by atoms with E-state index < -0.39 is 0 Å². The average molecular weight is 448 g/mol. The van der Waals surface area contributed by atoms with E-state index in [0.717, 1.165) is 0 Å². The summed E-state index contributed by atoms with van der Waals surface area (Å²) in [6.07, 6.45) is 8.30. The van der Waals surface area contributed by atoms with Gasteiger partial charge < -0.3 is 10.6 Å². The molecule has 7 nitrogen and oxygen atoms in total. The Morgan fingerprint density at radius 1 is 0.818 bits per heavy atom. The zero-order chi connectivity index (χ0) is 22.9. The minimum atomic E-state index is -0.141. The van der Waals surface area contributed by atoms with E-state index in [2.05, 4.69) is 22.8 Å². The highest BCUT2D eigenvalue weighted by Crippen LogP contribution is 2.65. The molecule has 6 atom stereocenters. The molecule has 0 unspecified atom stereocenters. The SMILES string of the molecule is CC(=O)Nc1ccc(NC(=O)C2CCC(N3C(=O)[C@@H]4[C@H]5C=C[C@@H]([C@@H]6C[C@@H]56)[C@H]4C3=O)CC2)cc1. The first-order chi connectivity index (χ1) is 15.9. The van der Waals surface area contributed by atoms with Gasteiger partial charge in [-0.05, 0) is 80.0 Å². The Morgan fingerprint density at radius 3 is 1.85 bits per heavy atom. The molecular formula is C26H29N3O4. The highest BCUT2D eigenvalue weighted by atomic mass is 16.2. The van der Waals surface area contributed by atoms with E-state index >= 15 is 0 Å². The number of nitrogens with zero attached hydrogens (tertiary/aromatic N) is 1. The molecule has 1 aromatic rings. The second-order valence-electron chi connectivity index (χ2n) is 10.5. The van der Waals surface area contributed by atoms with Gasteiger partial charge in [0, 0.05) is 30.3 Å². The van der Waals surface area contributed by atoms with Gasteiger partial charge >= 0.3 is 0 Å². The molecule has 0 radical (unpaired) electrons. The molecule has 2 bridgehead atoms. The first-order valence-corrected chi connectivity index (χ1v) is 12.2. The largest absolute Gasteiger partial charge is 0.326 e. The Bertz CT molecular complexity index is 1020. The van der Waals surface area contributed by atoms with Gasteiger partial charge in [-0.3, -0.25) is 24.1 Å². The van der Waals surface area contributed by atoms with Crippen molar-refractivity contribution in [2.45, 2.75) is 45.1 Å². The van der Waals surface area contributed by atoms with Gasteiger partial charge in [0.1, 0.15) is 0 Å². The maximum Gasteiger partial charge on any atom is 0.233 e. The fourth-order valence-corrected chi connectivity index (χ4v) is 7.02. The zero-order valence-electron chi connectivity index (χ0n) is 18.7. The highest BCUT2D eigenvalue weighted by molar-refractivity contribution is 6.06. The molecule has 1 heterocycles. The topological polar surface area (TPSA) is 95.6 Å². The van der Waals surface area contributed by atoms with Crippen molar-refractivity contribution in [1.82, 2.24) is 4.90 Å². The van der Waals surface area contributed by atoms with Crippen LogP contribution in [0, 0.1) is 41.4 Å². The summed E-state index contributed by atoms with van der Waals surface area (Å²) >= 11 is 0. The molecule has 3 saturated carbocycles. The lowest BCUT2D eigenvalue weighted by Crippen LogP contribution is -2.44. The second kappa shape index (κ2) is 7.54. The maximum atomic E-state index is 13.3. The summed E-state index contributed by atoms with van der Waals surface area (Å²) in [5.41, 5.74) is 1.37. The lowest BCUT2D eigenvalue weighted by Gasteiger charge is -2.37. The quantitative estimate of drug-likeness (QED) is 0.547. The molecule has 33 heavy (non-hydrogen) atoms. The van der Waals surface area contributed by atoms with Crippen molar-refractivity contribution in [3.8, 4) is 0 Å². The van der Waals surface area contributed by atoms with Crippen LogP contribution >= 0.6 is 0 Å². The third kappa shape index (κ3) is 3.31. The molecule has 1 saturated heterocycles. The van der Waals surface area contributed by atoms with E-state index in [1.54, 1.807) is 29.2 Å². The number of benzene rings is 1. The van der Waals surface area contributed by atoms with Crippen LogP contribution in [-0.2, 0) is 19.2 Å². The molecule has 6 aliphatic rings. The summed E-state index contributed by atoms with van der Waals surface area (Å²) in [4.78, 5) is 52.2. The first-order valence-electron chi connectivity index (χ1n) is 12.2. The third-order valence-electron chi connectivity index (χ3n) is 8.60. The van der Waals surface area contributed by atoms with Gasteiger partial charge in [-0.2, -0.15) is 0 Å². The number of anilines is 2. The van der Waals surface area contributed by atoms with Crippen LogP contribution in [-0.4, -0.2) is 34.6 Å². The van der Waals surface area contributed by atoms with E-state index in [1.165, 1.54) is 13.3 Å². The molecule has 0 aromatic heterocycles. The standard InChI is InChI=1S/C26H29N3O4/c1-13(30)27-15-4-6-16(7-5-15)28-24(31)14-2-8-17(9-3-14)29-25(32)22-18-10-11-19(21-12-20(18)21)23(22)26(29)33/h4-7,10-11,14,17-23H,2-3,8-9,12H2,1H3,(H,27,30)(H,28,31)/t14?,17?,18-,19-,20-,21-,22+,23+/m0/s1. The Morgan fingerprint density at radius 2 is 1.33 bits per heavy atom. The van der Waals surface area contributed by atoms with Crippen LogP contribution in [0.15, 0.2) is 36.4 Å². The van der Waals surface area contributed by atoms with Crippen molar-refractivity contribution in [3.63, 3.8) is 0 Å². The summed E-state index contributed by atoms with van der Waals surface area (Å²) in [7, 11) is 0. The predicted molar refractivity (Wildman–Crippen MR) is 122 cm³/mol. The number of hydrogen-bond acceptors (Lipinski definition) is 4. The normalized spacial score (nSPS) is 38.0. The van der Waals surface area contributed by atoms with Gasteiger partial charge in [0.05, 0.1) is 11.8 Å². The monoisotopic (exact) mass is 447 g/mol. The summed E-state index contributed by atoms with van der Waals surface area (Å²) < 4.78 is 0. The van der Waals surface area contributed by atoms with Gasteiger partial charge in [0.25, 0.3) is 0 Å². The zero-order valence-corrected chi connectivity index (χ0v) is 18.7. The molecule has 2 N–H and O–H groups in total. The average Bonchev–Trinajstić information content (AvgIpc) is 3.58. The first kappa shape index (κ1) is 20.6. The summed E-state index contributed by atoms with van der Waals surface area (Å²) in [5.74, 6) is 1.25. The molecule has 172 valence electrons. The van der Waals surface area contributed by atoms with Crippen LogP contribution < -0.4 is 10.6 Å². The highest BCUT2D eigenvalue weighted by Gasteiger charge is 2.67. The van der Waals surface area contributed by atoms with Gasteiger partial charge in [0.2, 0.25) is 23.6 Å². The molecule has 7 rings (SSSR count). The van der Waals surface area contributed by atoms with Crippen molar-refractivity contribution < 1.29 is 19.2 Å². The fraction of sp³-hybridized carbons (Fsp3) is 0.538. The van der Waals surface area contributed by atoms with E-state index in [9.17, 15) is 19.2 Å². The van der Waals surface area contributed by atoms with E-state index in [-0.39, 0.29) is 59.3 Å². The number of hydrogen-bond donors (Lipinski definition) is 2. The van der Waals surface area contributed by atoms with Crippen molar-refractivity contribution in [3.05, 3.63) is 36.4 Å². The molecular weight excluding hydrogens is 418 g/mol. The maximum absolute atomic E-state index is 13.3. The minimum Gasteiger partial charge on any atom is -0.326 e. The van der Waals surface area contributed by atoms with Crippen molar-refractivity contribution in [1.29, 1.82) is 0 Å². The number of imide groups is 1. The van der Waals surface area contributed by atoms with Crippen LogP contribution in [0.1, 0.15) is 39.0 Å². The molecule has 7 heteroatoms. The van der Waals surface area contributed by atoms with Gasteiger partial charge in [-0.1, -0.05) is 12.2 Å². The Balaban J connectivity index is 1.06. The lowest BCUT2D eigenvalue weighted by molar-refractivity contribution is -0.144. The Kier molecular flexibility index (Phi) is 4.71. The molecule has 1 aliphatic heterocycles. The summed E-state index contributed by atoms with van der Waals surface area (Å²) in [6, 6.07) is 6.97. The number of nitrogens with one attached hydrogen (secondary N) is 2. The summed E-state index contributed by atoms with van der Waals surface area (Å²) in [5, 5.41) is 5.66. The number of allylic oxidation sites excluding steroid dienone is 2. The molecule has 4 fully saturated rings. The van der Waals surface area contributed by atoms with Crippen LogP contribution in [0.3, 0.4) is 0 Å². The number of carbonyl (C=O) groups excluding carboxylic acids is 4. The number of carbonyl (C=O) groups is 4. The van der Waals surface area contributed by atoms with Gasteiger partial charge in [-0.25, -0.2) is 0 Å². The Hall–Kier alpha value is -2.96. The van der Waals surface area contributed by atoms with Crippen LogP contribution in [0.4, 0.5) is 11.4 Å². The van der Waals surface area contributed by atoms with Crippen LogP contribution in [0.2, 0.25) is 0 Å².